The second-order valence-electron chi connectivity index (χ2n) is 4.77. The monoisotopic (exact) mass is 328 g/mol. The van der Waals surface area contributed by atoms with Crippen molar-refractivity contribution in [2.75, 3.05) is 6.54 Å². The van der Waals surface area contributed by atoms with E-state index in [1.807, 2.05) is 17.5 Å². The first-order valence-electron chi connectivity index (χ1n) is 6.95. The Morgan fingerprint density at radius 3 is 2.83 bits per heavy atom. The number of nitro benzene ring substituents is 1. The van der Waals surface area contributed by atoms with Gasteiger partial charge in [0.15, 0.2) is 0 Å². The number of hydrogen-bond acceptors (Lipinski definition) is 4. The van der Waals surface area contributed by atoms with Crippen LogP contribution in [0.5, 0.6) is 0 Å². The molecule has 0 saturated carbocycles. The van der Waals surface area contributed by atoms with Gasteiger partial charge in [-0.15, -0.1) is 17.9 Å². The number of rotatable bonds is 7. The first kappa shape index (κ1) is 16.6. The minimum atomic E-state index is -0.458. The van der Waals surface area contributed by atoms with Crippen LogP contribution in [-0.2, 0) is 11.3 Å². The van der Waals surface area contributed by atoms with Crippen molar-refractivity contribution in [2.45, 2.75) is 6.54 Å². The number of thiophene rings is 1. The topological polar surface area (TPSA) is 63.5 Å². The van der Waals surface area contributed by atoms with Gasteiger partial charge in [-0.3, -0.25) is 14.9 Å². The predicted molar refractivity (Wildman–Crippen MR) is 92.1 cm³/mol. The Morgan fingerprint density at radius 2 is 2.17 bits per heavy atom. The average molecular weight is 328 g/mol. The largest absolute Gasteiger partial charge is 0.330 e. The second-order valence-corrected chi connectivity index (χ2v) is 5.80. The smallest absolute Gasteiger partial charge is 0.270 e. The standard InChI is InChI=1S/C17H16N2O3S/c1-2-10-18(13-16-7-4-11-23-16)17(20)9-8-14-5-3-6-15(12-14)19(21)22/h2-9,11-12H,1,10,13H2. The molecule has 23 heavy (non-hydrogen) atoms. The quantitative estimate of drug-likeness (QED) is 0.335. The fourth-order valence-electron chi connectivity index (χ4n) is 1.99. The minimum absolute atomic E-state index is 0.00105. The highest BCUT2D eigenvalue weighted by Gasteiger charge is 2.10. The predicted octanol–water partition coefficient (Wildman–Crippen LogP) is 3.88. The van der Waals surface area contributed by atoms with E-state index in [1.165, 1.54) is 18.2 Å². The zero-order valence-corrected chi connectivity index (χ0v) is 13.2. The molecule has 0 spiro atoms. The molecule has 1 amide bonds. The first-order valence-corrected chi connectivity index (χ1v) is 7.83. The summed E-state index contributed by atoms with van der Waals surface area (Å²) in [5, 5.41) is 12.7. The van der Waals surface area contributed by atoms with Gasteiger partial charge in [0.05, 0.1) is 11.5 Å². The van der Waals surface area contributed by atoms with Crippen LogP contribution in [0.25, 0.3) is 6.08 Å². The molecule has 0 aliphatic heterocycles. The Kier molecular flexibility index (Phi) is 5.82. The van der Waals surface area contributed by atoms with Crippen molar-refractivity contribution in [1.82, 2.24) is 4.90 Å². The molecule has 2 aromatic rings. The van der Waals surface area contributed by atoms with Crippen LogP contribution in [0, 0.1) is 10.1 Å². The van der Waals surface area contributed by atoms with E-state index in [-0.39, 0.29) is 11.6 Å². The second kappa shape index (κ2) is 8.05. The Bertz CT molecular complexity index is 723. The molecule has 2 rings (SSSR count). The lowest BCUT2D eigenvalue weighted by molar-refractivity contribution is -0.384. The molecule has 1 heterocycles. The Balaban J connectivity index is 2.09. The van der Waals surface area contributed by atoms with Gasteiger partial charge in [-0.2, -0.15) is 0 Å². The third-order valence-electron chi connectivity index (χ3n) is 3.09. The Hall–Kier alpha value is -2.73. The summed E-state index contributed by atoms with van der Waals surface area (Å²) in [6.07, 6.45) is 4.68. The molecule has 1 aromatic carbocycles. The molecule has 6 heteroatoms. The van der Waals surface area contributed by atoms with Crippen LogP contribution in [-0.4, -0.2) is 22.3 Å². The molecule has 0 aliphatic rings. The molecule has 118 valence electrons. The summed E-state index contributed by atoms with van der Waals surface area (Å²) >= 11 is 1.59. The lowest BCUT2D eigenvalue weighted by atomic mass is 10.2. The number of amides is 1. The maximum absolute atomic E-state index is 12.3. The number of non-ortho nitro benzene ring substituents is 1. The highest BCUT2D eigenvalue weighted by molar-refractivity contribution is 7.09. The van der Waals surface area contributed by atoms with E-state index in [0.717, 1.165) is 4.88 Å². The zero-order valence-electron chi connectivity index (χ0n) is 12.4. The molecule has 0 atom stereocenters. The van der Waals surface area contributed by atoms with Crippen molar-refractivity contribution in [1.29, 1.82) is 0 Å². The molecule has 0 bridgehead atoms. The number of hydrogen-bond donors (Lipinski definition) is 0. The van der Waals surface area contributed by atoms with E-state index in [2.05, 4.69) is 6.58 Å². The van der Waals surface area contributed by atoms with Gasteiger partial charge >= 0.3 is 0 Å². The molecule has 0 unspecified atom stereocenters. The van der Waals surface area contributed by atoms with Crippen LogP contribution in [0.15, 0.2) is 60.5 Å². The van der Waals surface area contributed by atoms with Crippen LogP contribution in [0.1, 0.15) is 10.4 Å². The summed E-state index contributed by atoms with van der Waals surface area (Å²) in [5.74, 6) is -0.162. The first-order chi connectivity index (χ1) is 11.1. The summed E-state index contributed by atoms with van der Waals surface area (Å²) < 4.78 is 0. The van der Waals surface area contributed by atoms with Crippen molar-refractivity contribution in [2.24, 2.45) is 0 Å². The van der Waals surface area contributed by atoms with Gasteiger partial charge in [-0.25, -0.2) is 0 Å². The summed E-state index contributed by atoms with van der Waals surface area (Å²) in [7, 11) is 0. The number of benzene rings is 1. The lowest BCUT2D eigenvalue weighted by Crippen LogP contribution is -2.28. The van der Waals surface area contributed by atoms with Crippen molar-refractivity contribution < 1.29 is 9.72 Å². The fourth-order valence-corrected chi connectivity index (χ4v) is 2.71. The fraction of sp³-hybridized carbons (Fsp3) is 0.118. The van der Waals surface area contributed by atoms with Crippen molar-refractivity contribution in [3.8, 4) is 0 Å². The number of nitro groups is 1. The van der Waals surface area contributed by atoms with Crippen LogP contribution < -0.4 is 0 Å². The summed E-state index contributed by atoms with van der Waals surface area (Å²) in [6.45, 7) is 4.63. The SMILES string of the molecule is C=CCN(Cc1cccs1)C(=O)C=Cc1cccc([N+](=O)[O-])c1. The molecule has 0 N–H and O–H groups in total. The molecule has 0 saturated heterocycles. The van der Waals surface area contributed by atoms with Crippen LogP contribution >= 0.6 is 11.3 Å². The Labute approximate surface area is 138 Å². The number of nitrogens with zero attached hydrogens (tertiary/aromatic N) is 2. The van der Waals surface area contributed by atoms with E-state index in [4.69, 9.17) is 0 Å². The molecule has 5 nitrogen and oxygen atoms in total. The molecular formula is C17H16N2O3S. The zero-order chi connectivity index (χ0) is 16.7. The normalized spacial score (nSPS) is 10.6. The van der Waals surface area contributed by atoms with E-state index in [0.29, 0.717) is 18.7 Å². The van der Waals surface area contributed by atoms with E-state index in [9.17, 15) is 14.9 Å². The maximum atomic E-state index is 12.3. The third kappa shape index (κ3) is 4.89. The maximum Gasteiger partial charge on any atom is 0.270 e. The van der Waals surface area contributed by atoms with Gasteiger partial charge in [0.2, 0.25) is 5.91 Å². The van der Waals surface area contributed by atoms with Crippen molar-refractivity contribution in [3.63, 3.8) is 0 Å². The van der Waals surface area contributed by atoms with Gasteiger partial charge in [-0.05, 0) is 23.1 Å². The molecule has 1 aromatic heterocycles. The number of carbonyl (C=O) groups excluding carboxylic acids is 1. The Morgan fingerprint density at radius 1 is 1.35 bits per heavy atom. The lowest BCUT2D eigenvalue weighted by Gasteiger charge is -2.18. The molecule has 0 radical (unpaired) electrons. The highest BCUT2D eigenvalue weighted by atomic mass is 32.1. The average Bonchev–Trinajstić information content (AvgIpc) is 3.05. The van der Waals surface area contributed by atoms with Gasteiger partial charge in [0.1, 0.15) is 0 Å². The minimum Gasteiger partial charge on any atom is -0.330 e. The van der Waals surface area contributed by atoms with Crippen LogP contribution in [0.4, 0.5) is 5.69 Å². The van der Waals surface area contributed by atoms with E-state index >= 15 is 0 Å². The highest BCUT2D eigenvalue weighted by Crippen LogP contribution is 2.15. The summed E-state index contributed by atoms with van der Waals surface area (Å²) in [5.41, 5.74) is 0.614. The van der Waals surface area contributed by atoms with E-state index < -0.39 is 4.92 Å². The molecule has 0 aliphatic carbocycles. The van der Waals surface area contributed by atoms with Crippen molar-refractivity contribution in [3.05, 3.63) is 81.1 Å². The van der Waals surface area contributed by atoms with Crippen LogP contribution in [0.2, 0.25) is 0 Å². The van der Waals surface area contributed by atoms with Gasteiger partial charge in [0, 0.05) is 29.6 Å². The van der Waals surface area contributed by atoms with Gasteiger partial charge in [0.25, 0.3) is 5.69 Å². The molecular weight excluding hydrogens is 312 g/mol. The summed E-state index contributed by atoms with van der Waals surface area (Å²) in [6, 6.07) is 10.1. The van der Waals surface area contributed by atoms with Gasteiger partial charge < -0.3 is 4.90 Å². The molecule has 0 fully saturated rings. The third-order valence-corrected chi connectivity index (χ3v) is 3.95. The van der Waals surface area contributed by atoms with E-state index in [1.54, 1.807) is 40.5 Å². The van der Waals surface area contributed by atoms with Crippen LogP contribution in [0.3, 0.4) is 0 Å². The van der Waals surface area contributed by atoms with Gasteiger partial charge in [-0.1, -0.05) is 24.3 Å². The summed E-state index contributed by atoms with van der Waals surface area (Å²) in [4.78, 5) is 25.4. The number of carbonyl (C=O) groups is 1. The van der Waals surface area contributed by atoms with Crippen molar-refractivity contribution >= 4 is 29.0 Å².